The normalized spacial score (nSPS) is 24.0. The van der Waals surface area contributed by atoms with Gasteiger partial charge in [0.1, 0.15) is 0 Å². The van der Waals surface area contributed by atoms with Crippen molar-refractivity contribution in [3.8, 4) is 6.07 Å². The average molecular weight is 182 g/mol. The van der Waals surface area contributed by atoms with Crippen LogP contribution in [0, 0.1) is 23.2 Å². The monoisotopic (exact) mass is 182 g/mol. The fourth-order valence-corrected chi connectivity index (χ4v) is 1.75. The summed E-state index contributed by atoms with van der Waals surface area (Å²) < 4.78 is 0. The van der Waals surface area contributed by atoms with Crippen molar-refractivity contribution in [2.45, 2.75) is 19.8 Å². The SMILES string of the molecule is C[C@H](C#N)CC1CCN(C(=O)O)C1. The summed E-state index contributed by atoms with van der Waals surface area (Å²) in [6, 6.07) is 2.17. The Morgan fingerprint density at radius 1 is 1.85 bits per heavy atom. The second-order valence-electron chi connectivity index (χ2n) is 3.65. The number of carboxylic acid groups (broad SMARTS) is 1. The molecule has 0 bridgehead atoms. The molecule has 0 aromatic carbocycles. The minimum absolute atomic E-state index is 0.0405. The van der Waals surface area contributed by atoms with E-state index >= 15 is 0 Å². The first-order valence-corrected chi connectivity index (χ1v) is 4.51. The standard InChI is InChI=1S/C9H14N2O2/c1-7(5-10)4-8-2-3-11(6-8)9(12)13/h7-8H,2-4,6H2,1H3,(H,12,13)/t7-,8?/m0/s1. The van der Waals surface area contributed by atoms with Gasteiger partial charge in [-0.2, -0.15) is 5.26 Å². The third-order valence-electron chi connectivity index (χ3n) is 2.46. The molecule has 0 aliphatic carbocycles. The molecule has 1 aliphatic heterocycles. The molecule has 0 spiro atoms. The number of carbonyl (C=O) groups is 1. The highest BCUT2D eigenvalue weighted by Gasteiger charge is 2.26. The van der Waals surface area contributed by atoms with Gasteiger partial charge in [0.2, 0.25) is 0 Å². The number of hydrogen-bond donors (Lipinski definition) is 1. The van der Waals surface area contributed by atoms with Gasteiger partial charge in [0.15, 0.2) is 0 Å². The molecule has 1 rings (SSSR count). The number of nitriles is 1. The van der Waals surface area contributed by atoms with E-state index in [2.05, 4.69) is 6.07 Å². The molecule has 1 fully saturated rings. The van der Waals surface area contributed by atoms with E-state index in [0.717, 1.165) is 12.8 Å². The van der Waals surface area contributed by atoms with Crippen LogP contribution in [-0.2, 0) is 0 Å². The zero-order chi connectivity index (χ0) is 9.84. The van der Waals surface area contributed by atoms with Crippen LogP contribution in [0.5, 0.6) is 0 Å². The van der Waals surface area contributed by atoms with Crippen LogP contribution < -0.4 is 0 Å². The van der Waals surface area contributed by atoms with E-state index in [4.69, 9.17) is 10.4 Å². The van der Waals surface area contributed by atoms with Crippen LogP contribution in [0.15, 0.2) is 0 Å². The van der Waals surface area contributed by atoms with E-state index < -0.39 is 6.09 Å². The second kappa shape index (κ2) is 4.13. The Bertz CT molecular complexity index is 234. The molecule has 1 amide bonds. The summed E-state index contributed by atoms with van der Waals surface area (Å²) in [5, 5.41) is 17.3. The van der Waals surface area contributed by atoms with Crippen molar-refractivity contribution < 1.29 is 9.90 Å². The summed E-state index contributed by atoms with van der Waals surface area (Å²) in [7, 11) is 0. The lowest BCUT2D eigenvalue weighted by Crippen LogP contribution is -2.26. The Morgan fingerprint density at radius 3 is 3.00 bits per heavy atom. The minimum atomic E-state index is -0.841. The van der Waals surface area contributed by atoms with Crippen molar-refractivity contribution in [1.82, 2.24) is 4.90 Å². The number of nitrogens with zero attached hydrogens (tertiary/aromatic N) is 2. The van der Waals surface area contributed by atoms with E-state index in [0.29, 0.717) is 19.0 Å². The van der Waals surface area contributed by atoms with Crippen molar-refractivity contribution in [1.29, 1.82) is 5.26 Å². The van der Waals surface area contributed by atoms with Crippen molar-refractivity contribution in [3.63, 3.8) is 0 Å². The third kappa shape index (κ3) is 2.62. The van der Waals surface area contributed by atoms with E-state index in [-0.39, 0.29) is 5.92 Å². The largest absolute Gasteiger partial charge is 0.465 e. The van der Waals surface area contributed by atoms with Crippen LogP contribution in [-0.4, -0.2) is 29.2 Å². The second-order valence-corrected chi connectivity index (χ2v) is 3.65. The van der Waals surface area contributed by atoms with Crippen LogP contribution in [0.25, 0.3) is 0 Å². The van der Waals surface area contributed by atoms with Crippen LogP contribution >= 0.6 is 0 Å². The summed E-state index contributed by atoms with van der Waals surface area (Å²) >= 11 is 0. The van der Waals surface area contributed by atoms with Gasteiger partial charge in [0.05, 0.1) is 6.07 Å². The highest BCUT2D eigenvalue weighted by molar-refractivity contribution is 5.65. The molecular formula is C9H14N2O2. The van der Waals surface area contributed by atoms with Gasteiger partial charge in [-0.25, -0.2) is 4.79 Å². The Kier molecular flexibility index (Phi) is 3.13. The quantitative estimate of drug-likeness (QED) is 0.704. The molecule has 0 saturated carbocycles. The van der Waals surface area contributed by atoms with Crippen LogP contribution in [0.1, 0.15) is 19.8 Å². The van der Waals surface area contributed by atoms with Gasteiger partial charge >= 0.3 is 6.09 Å². The predicted octanol–water partition coefficient (Wildman–Crippen LogP) is 1.54. The van der Waals surface area contributed by atoms with Gasteiger partial charge in [-0.1, -0.05) is 0 Å². The summed E-state index contributed by atoms with van der Waals surface area (Å²) in [6.45, 7) is 3.10. The Hall–Kier alpha value is -1.24. The highest BCUT2D eigenvalue weighted by Crippen LogP contribution is 2.22. The van der Waals surface area contributed by atoms with Gasteiger partial charge in [-0.3, -0.25) is 0 Å². The zero-order valence-electron chi connectivity index (χ0n) is 7.73. The number of hydrogen-bond acceptors (Lipinski definition) is 2. The molecule has 1 aliphatic rings. The van der Waals surface area contributed by atoms with E-state index in [1.807, 2.05) is 6.92 Å². The number of amides is 1. The highest BCUT2D eigenvalue weighted by atomic mass is 16.4. The molecule has 1 saturated heterocycles. The first-order chi connectivity index (χ1) is 6.13. The van der Waals surface area contributed by atoms with E-state index in [9.17, 15) is 4.79 Å². The van der Waals surface area contributed by atoms with Gasteiger partial charge in [0.25, 0.3) is 0 Å². The maximum Gasteiger partial charge on any atom is 0.407 e. The fourth-order valence-electron chi connectivity index (χ4n) is 1.75. The molecule has 1 N–H and O–H groups in total. The maximum atomic E-state index is 10.6. The zero-order valence-corrected chi connectivity index (χ0v) is 7.73. The molecule has 1 heterocycles. The summed E-state index contributed by atoms with van der Waals surface area (Å²) in [6.07, 6.45) is 0.880. The lowest BCUT2D eigenvalue weighted by atomic mass is 9.96. The molecule has 2 atom stereocenters. The molecular weight excluding hydrogens is 168 g/mol. The Balaban J connectivity index is 2.34. The first kappa shape index (κ1) is 9.85. The molecule has 13 heavy (non-hydrogen) atoms. The lowest BCUT2D eigenvalue weighted by Gasteiger charge is -2.12. The third-order valence-corrected chi connectivity index (χ3v) is 2.46. The topological polar surface area (TPSA) is 64.3 Å². The number of rotatable bonds is 2. The van der Waals surface area contributed by atoms with Crippen molar-refractivity contribution in [2.24, 2.45) is 11.8 Å². The first-order valence-electron chi connectivity index (χ1n) is 4.51. The van der Waals surface area contributed by atoms with E-state index in [1.165, 1.54) is 4.90 Å². The van der Waals surface area contributed by atoms with Crippen LogP contribution in [0.4, 0.5) is 4.79 Å². The number of likely N-dealkylation sites (tertiary alicyclic amines) is 1. The molecule has 0 radical (unpaired) electrons. The van der Waals surface area contributed by atoms with Crippen molar-refractivity contribution in [3.05, 3.63) is 0 Å². The van der Waals surface area contributed by atoms with Crippen LogP contribution in [0.2, 0.25) is 0 Å². The molecule has 72 valence electrons. The van der Waals surface area contributed by atoms with Gasteiger partial charge < -0.3 is 10.0 Å². The summed E-state index contributed by atoms with van der Waals surface area (Å²) in [5.41, 5.74) is 0. The Labute approximate surface area is 77.8 Å². The lowest BCUT2D eigenvalue weighted by molar-refractivity contribution is 0.153. The Morgan fingerprint density at radius 2 is 2.54 bits per heavy atom. The maximum absolute atomic E-state index is 10.6. The fraction of sp³-hybridized carbons (Fsp3) is 0.778. The molecule has 1 unspecified atom stereocenters. The predicted molar refractivity (Wildman–Crippen MR) is 47.1 cm³/mol. The van der Waals surface area contributed by atoms with Gasteiger partial charge in [-0.15, -0.1) is 0 Å². The smallest absolute Gasteiger partial charge is 0.407 e. The molecule has 0 aromatic heterocycles. The molecule has 0 aromatic rings. The van der Waals surface area contributed by atoms with E-state index in [1.54, 1.807) is 0 Å². The summed E-state index contributed by atoms with van der Waals surface area (Å²) in [5.74, 6) is 0.421. The van der Waals surface area contributed by atoms with Crippen molar-refractivity contribution >= 4 is 6.09 Å². The van der Waals surface area contributed by atoms with Crippen molar-refractivity contribution in [2.75, 3.05) is 13.1 Å². The average Bonchev–Trinajstić information content (AvgIpc) is 2.52. The minimum Gasteiger partial charge on any atom is -0.465 e. The van der Waals surface area contributed by atoms with Gasteiger partial charge in [-0.05, 0) is 25.7 Å². The van der Waals surface area contributed by atoms with Crippen LogP contribution in [0.3, 0.4) is 0 Å². The van der Waals surface area contributed by atoms with Gasteiger partial charge in [0, 0.05) is 19.0 Å². The molecule has 4 heteroatoms. The molecule has 4 nitrogen and oxygen atoms in total. The summed E-state index contributed by atoms with van der Waals surface area (Å²) in [4.78, 5) is 12.0.